The molecule has 35 heavy (non-hydrogen) atoms. The van der Waals surface area contributed by atoms with E-state index in [1.54, 1.807) is 13.0 Å². The molecular weight excluding hydrogens is 584 g/mol. The second-order valence-electron chi connectivity index (χ2n) is 6.70. The predicted molar refractivity (Wildman–Crippen MR) is 138 cm³/mol. The number of benzene rings is 4. The zero-order valence-corrected chi connectivity index (χ0v) is 22.8. The van der Waals surface area contributed by atoms with E-state index < -0.39 is 14.7 Å². The number of hydrogen-bond donors (Lipinski definition) is 0. The number of ketones is 1. The summed E-state index contributed by atoms with van der Waals surface area (Å²) in [5.74, 6) is 0.0776. The summed E-state index contributed by atoms with van der Waals surface area (Å²) in [6, 6.07) is 42.5. The Balaban J connectivity index is 0.000000623. The van der Waals surface area contributed by atoms with E-state index in [1.807, 2.05) is 36.4 Å². The van der Waals surface area contributed by atoms with Crippen LogP contribution in [0.1, 0.15) is 12.5 Å². The molecule has 3 nitrogen and oxygen atoms in total. The maximum atomic E-state index is 10.5. The maximum absolute atomic E-state index is 10.5. The van der Waals surface area contributed by atoms with Crippen LogP contribution in [-0.4, -0.2) is 20.4 Å². The molecule has 0 aliphatic rings. The van der Waals surface area contributed by atoms with Gasteiger partial charge in [0.1, 0.15) is 0 Å². The fourth-order valence-electron chi connectivity index (χ4n) is 2.96. The first-order valence-corrected chi connectivity index (χ1v) is 13.2. The van der Waals surface area contributed by atoms with Crippen molar-refractivity contribution in [1.29, 1.82) is 0 Å². The molecule has 0 amide bonds. The van der Waals surface area contributed by atoms with E-state index in [0.29, 0.717) is 0 Å². The second-order valence-corrected chi connectivity index (χ2v) is 11.4. The molecule has 0 spiro atoms. The van der Waals surface area contributed by atoms with Crippen molar-refractivity contribution in [2.75, 3.05) is 0 Å². The number of carbonyl (C=O) groups is 1. The van der Waals surface area contributed by atoms with Crippen LogP contribution in [0, 0.1) is 13.3 Å². The molecule has 176 valence electrons. The van der Waals surface area contributed by atoms with Gasteiger partial charge in [0.15, 0.2) is 5.78 Å². The summed E-state index contributed by atoms with van der Waals surface area (Å²) in [6.45, 7) is 10.5. The molecule has 0 saturated heterocycles. The van der Waals surface area contributed by atoms with Gasteiger partial charge < -0.3 is 0 Å². The first-order chi connectivity index (χ1) is 16.7. The Morgan fingerprint density at radius 2 is 0.886 bits per heavy atom. The van der Waals surface area contributed by atoms with Crippen LogP contribution in [0.2, 0.25) is 0 Å². The van der Waals surface area contributed by atoms with Gasteiger partial charge in [-0.05, 0) is 18.6 Å². The van der Waals surface area contributed by atoms with Gasteiger partial charge in [0.25, 0.3) is 0 Å². The van der Waals surface area contributed by atoms with E-state index in [0.717, 1.165) is 5.56 Å². The quantitative estimate of drug-likeness (QED) is 0.143. The van der Waals surface area contributed by atoms with Crippen LogP contribution in [0.15, 0.2) is 127 Å². The van der Waals surface area contributed by atoms with Gasteiger partial charge in [-0.2, -0.15) is 0 Å². The molecule has 0 aromatic heterocycles. The summed E-state index contributed by atoms with van der Waals surface area (Å²) in [5.41, 5.74) is 1.06. The molecule has 0 radical (unpaired) electrons. The summed E-state index contributed by atoms with van der Waals surface area (Å²) in [7, 11) is 0. The molecule has 0 bridgehead atoms. The van der Waals surface area contributed by atoms with E-state index >= 15 is 0 Å². The van der Waals surface area contributed by atoms with Gasteiger partial charge in [-0.15, -0.1) is 0 Å². The number of allylic oxidation sites excluding steroid dienone is 1. The van der Waals surface area contributed by atoms with Crippen LogP contribution in [0.3, 0.4) is 0 Å². The fraction of sp³-hybridized carbons (Fsp3) is 0.0333. The Kier molecular flexibility index (Phi) is 18.6. The second kappa shape index (κ2) is 20.3. The minimum atomic E-state index is -1.39. The molecule has 0 unspecified atom stereocenters. The number of carbonyl (C=O) groups excluding carboxylic acids is 1. The van der Waals surface area contributed by atoms with Gasteiger partial charge in [-0.1, -0.05) is 36.4 Å². The number of rotatable bonds is 5. The molecule has 0 aliphatic carbocycles. The van der Waals surface area contributed by atoms with Crippen LogP contribution in [0.5, 0.6) is 0 Å². The molecule has 0 saturated carbocycles. The summed E-state index contributed by atoms with van der Waals surface area (Å²) >= 11 is -1.39. The summed E-state index contributed by atoms with van der Waals surface area (Å²) < 4.78 is 19.4. The van der Waals surface area contributed by atoms with Gasteiger partial charge in [0.2, 0.25) is 0 Å². The normalized spacial score (nSPS) is 9.09. The van der Waals surface area contributed by atoms with Crippen LogP contribution < -0.4 is 13.1 Å². The Morgan fingerprint density at radius 1 is 0.600 bits per heavy atom. The third-order valence-corrected chi connectivity index (χ3v) is 9.48. The number of hydrogen-bond acceptors (Lipinski definition) is 1. The van der Waals surface area contributed by atoms with Crippen molar-refractivity contribution < 1.29 is 33.6 Å². The summed E-state index contributed by atoms with van der Waals surface area (Å²) in [4.78, 5) is 10.5. The summed E-state index contributed by atoms with van der Waals surface area (Å²) in [6.07, 6.45) is 3.37. The zero-order chi connectivity index (χ0) is 25.0. The SMILES string of the molecule is CC(=O)/C=C/c1ccccc1.[C-]#[O+].[C-]#[O+].[Ru].c1ccc([As](c2ccccc2)c2ccccc2)cc1. The first kappa shape index (κ1) is 32.0. The molecule has 4 rings (SSSR count). The zero-order valence-electron chi connectivity index (χ0n) is 19.2. The third kappa shape index (κ3) is 12.3. The Hall–Kier alpha value is -3.05. The van der Waals surface area contributed by atoms with Crippen molar-refractivity contribution in [3.8, 4) is 0 Å². The molecule has 0 heterocycles. The third-order valence-electron chi connectivity index (χ3n) is 4.35. The molecule has 0 atom stereocenters. The van der Waals surface area contributed by atoms with Gasteiger partial charge in [0.05, 0.1) is 0 Å². The van der Waals surface area contributed by atoms with E-state index in [-0.39, 0.29) is 25.3 Å². The van der Waals surface area contributed by atoms with Crippen LogP contribution >= 0.6 is 0 Å². The average Bonchev–Trinajstić information content (AvgIpc) is 2.93. The predicted octanol–water partition coefficient (Wildman–Crippen LogP) is 4.41. The van der Waals surface area contributed by atoms with Crippen molar-refractivity contribution in [3.05, 3.63) is 146 Å². The van der Waals surface area contributed by atoms with Crippen molar-refractivity contribution in [2.45, 2.75) is 6.92 Å². The Labute approximate surface area is 225 Å². The van der Waals surface area contributed by atoms with Gasteiger partial charge >= 0.3 is 141 Å². The molecule has 4 aromatic rings. The monoisotopic (exact) mass is 610 g/mol. The van der Waals surface area contributed by atoms with E-state index in [4.69, 9.17) is 9.30 Å². The molecule has 0 N–H and O–H groups in total. The van der Waals surface area contributed by atoms with Crippen LogP contribution in [-0.2, 0) is 33.6 Å². The van der Waals surface area contributed by atoms with Crippen molar-refractivity contribution >= 4 is 39.6 Å². The molecule has 0 fully saturated rings. The van der Waals surface area contributed by atoms with E-state index in [9.17, 15) is 4.79 Å². The van der Waals surface area contributed by atoms with Crippen molar-refractivity contribution in [1.82, 2.24) is 0 Å². The summed E-state index contributed by atoms with van der Waals surface area (Å²) in [5, 5.41) is 0. The van der Waals surface area contributed by atoms with Crippen molar-refractivity contribution in [3.63, 3.8) is 0 Å². The van der Waals surface area contributed by atoms with Crippen molar-refractivity contribution in [2.24, 2.45) is 0 Å². The van der Waals surface area contributed by atoms with E-state index in [1.165, 1.54) is 13.1 Å². The topological polar surface area (TPSA) is 56.9 Å². The average molecular weight is 610 g/mol. The Bertz CT molecular complexity index is 1040. The van der Waals surface area contributed by atoms with E-state index in [2.05, 4.69) is 104 Å². The molecule has 5 heteroatoms. The van der Waals surface area contributed by atoms with Crippen LogP contribution in [0.25, 0.3) is 6.08 Å². The van der Waals surface area contributed by atoms with Gasteiger partial charge in [-0.25, -0.2) is 0 Å². The fourth-order valence-corrected chi connectivity index (χ4v) is 7.79. The van der Waals surface area contributed by atoms with Crippen LogP contribution in [0.4, 0.5) is 0 Å². The molecule has 4 aromatic carbocycles. The molecule has 0 aliphatic heterocycles. The van der Waals surface area contributed by atoms with Gasteiger partial charge in [-0.3, -0.25) is 4.79 Å². The minimum absolute atomic E-state index is 0. The first-order valence-electron chi connectivity index (χ1n) is 10.3. The van der Waals surface area contributed by atoms with Gasteiger partial charge in [0, 0.05) is 19.5 Å². The Morgan fingerprint density at radius 3 is 1.17 bits per heavy atom. The molecular formula is C30H25AsO3Ru. The standard InChI is InChI=1S/C18H15As.C10H10O.2CO.Ru/c1-4-10-16(11-5-1)19(17-12-6-2-7-13-17)18-14-8-3-9-15-18;1-9(11)7-8-10-5-3-2-4-6-10;2*1-2;/h1-15H;2-8H,1H3;;;/b;8-7+;;;.